The van der Waals surface area contributed by atoms with Crippen LogP contribution in [-0.4, -0.2) is 44.5 Å². The van der Waals surface area contributed by atoms with Gasteiger partial charge in [0.25, 0.3) is 0 Å². The second kappa shape index (κ2) is 5.98. The fourth-order valence-electron chi connectivity index (χ4n) is 2.17. The zero-order valence-electron chi connectivity index (χ0n) is 10.8. The van der Waals surface area contributed by atoms with E-state index in [0.29, 0.717) is 13.1 Å². The maximum Gasteiger partial charge on any atom is 0.152 e. The van der Waals surface area contributed by atoms with E-state index in [9.17, 15) is 12.8 Å². The lowest BCUT2D eigenvalue weighted by atomic mass is 10.0. The van der Waals surface area contributed by atoms with E-state index >= 15 is 0 Å². The SMILES string of the molecule is NC(CCN1CCS(=O)(=O)CC1)c1ccc(F)cc1. The molecule has 1 aromatic rings. The summed E-state index contributed by atoms with van der Waals surface area (Å²) in [6.07, 6.45) is 0.742. The Bertz CT molecular complexity index is 502. The maximum atomic E-state index is 12.8. The van der Waals surface area contributed by atoms with Gasteiger partial charge in [-0.25, -0.2) is 12.8 Å². The molecular weight excluding hydrogens is 267 g/mol. The van der Waals surface area contributed by atoms with E-state index in [4.69, 9.17) is 5.73 Å². The van der Waals surface area contributed by atoms with Crippen molar-refractivity contribution in [2.75, 3.05) is 31.1 Å². The minimum Gasteiger partial charge on any atom is -0.324 e. The molecule has 0 radical (unpaired) electrons. The molecule has 19 heavy (non-hydrogen) atoms. The van der Waals surface area contributed by atoms with E-state index in [0.717, 1.165) is 18.5 Å². The van der Waals surface area contributed by atoms with Gasteiger partial charge < -0.3 is 10.6 Å². The Morgan fingerprint density at radius 3 is 2.37 bits per heavy atom. The Balaban J connectivity index is 1.81. The van der Waals surface area contributed by atoms with E-state index < -0.39 is 9.84 Å². The molecular formula is C13H19FN2O2S. The molecule has 0 spiro atoms. The Morgan fingerprint density at radius 2 is 1.79 bits per heavy atom. The number of nitrogens with zero attached hydrogens (tertiary/aromatic N) is 1. The fraction of sp³-hybridized carbons (Fsp3) is 0.538. The summed E-state index contributed by atoms with van der Waals surface area (Å²) in [7, 11) is -2.83. The molecule has 2 N–H and O–H groups in total. The fourth-order valence-corrected chi connectivity index (χ4v) is 3.45. The van der Waals surface area contributed by atoms with Gasteiger partial charge in [-0.05, 0) is 24.1 Å². The number of halogens is 1. The third-order valence-corrected chi connectivity index (χ3v) is 5.10. The summed E-state index contributed by atoms with van der Waals surface area (Å²) in [5, 5.41) is 0. The number of nitrogens with two attached hydrogens (primary N) is 1. The zero-order chi connectivity index (χ0) is 13.9. The number of hydrogen-bond acceptors (Lipinski definition) is 4. The van der Waals surface area contributed by atoms with Crippen LogP contribution in [0.3, 0.4) is 0 Å². The highest BCUT2D eigenvalue weighted by molar-refractivity contribution is 7.91. The number of hydrogen-bond donors (Lipinski definition) is 1. The number of benzene rings is 1. The molecule has 0 bridgehead atoms. The van der Waals surface area contributed by atoms with Crippen molar-refractivity contribution in [3.63, 3.8) is 0 Å². The van der Waals surface area contributed by atoms with E-state index in [2.05, 4.69) is 4.90 Å². The Morgan fingerprint density at radius 1 is 1.21 bits per heavy atom. The summed E-state index contributed by atoms with van der Waals surface area (Å²) in [6, 6.07) is 6.06. The molecule has 1 saturated heterocycles. The minimum absolute atomic E-state index is 0.140. The summed E-state index contributed by atoms with van der Waals surface area (Å²) < 4.78 is 35.4. The van der Waals surface area contributed by atoms with Crippen molar-refractivity contribution in [1.82, 2.24) is 4.90 Å². The van der Waals surface area contributed by atoms with Gasteiger partial charge in [-0.2, -0.15) is 0 Å². The molecule has 0 aliphatic carbocycles. The molecule has 1 fully saturated rings. The zero-order valence-corrected chi connectivity index (χ0v) is 11.6. The molecule has 1 aliphatic rings. The summed E-state index contributed by atoms with van der Waals surface area (Å²) in [4.78, 5) is 2.12. The van der Waals surface area contributed by atoms with Gasteiger partial charge in [0.2, 0.25) is 0 Å². The Labute approximate surface area is 113 Å². The van der Waals surface area contributed by atoms with Crippen LogP contribution in [0.1, 0.15) is 18.0 Å². The molecule has 1 unspecified atom stereocenters. The van der Waals surface area contributed by atoms with Crippen LogP contribution < -0.4 is 5.73 Å². The number of rotatable bonds is 4. The van der Waals surface area contributed by atoms with Gasteiger partial charge in [0.1, 0.15) is 5.82 Å². The lowest BCUT2D eigenvalue weighted by molar-refractivity contribution is 0.283. The van der Waals surface area contributed by atoms with E-state index in [-0.39, 0.29) is 23.4 Å². The van der Waals surface area contributed by atoms with E-state index in [1.165, 1.54) is 12.1 Å². The topological polar surface area (TPSA) is 63.4 Å². The Hall–Kier alpha value is -0.980. The summed E-state index contributed by atoms with van der Waals surface area (Å²) in [6.45, 7) is 1.94. The van der Waals surface area contributed by atoms with Gasteiger partial charge in [-0.3, -0.25) is 0 Å². The van der Waals surface area contributed by atoms with Crippen LogP contribution in [0.15, 0.2) is 24.3 Å². The first-order valence-electron chi connectivity index (χ1n) is 6.40. The van der Waals surface area contributed by atoms with Gasteiger partial charge in [0.05, 0.1) is 11.5 Å². The van der Waals surface area contributed by atoms with Crippen LogP contribution in [0.5, 0.6) is 0 Å². The first-order valence-corrected chi connectivity index (χ1v) is 8.22. The van der Waals surface area contributed by atoms with Crippen LogP contribution in [0.25, 0.3) is 0 Å². The van der Waals surface area contributed by atoms with Crippen molar-refractivity contribution < 1.29 is 12.8 Å². The molecule has 6 heteroatoms. The first-order chi connectivity index (χ1) is 8.96. The van der Waals surface area contributed by atoms with Crippen molar-refractivity contribution >= 4 is 9.84 Å². The van der Waals surface area contributed by atoms with Gasteiger partial charge in [0, 0.05) is 25.7 Å². The van der Waals surface area contributed by atoms with Crippen LogP contribution in [0.2, 0.25) is 0 Å². The van der Waals surface area contributed by atoms with Gasteiger partial charge in [-0.1, -0.05) is 12.1 Å². The second-order valence-corrected chi connectivity index (χ2v) is 7.24. The molecule has 0 amide bonds. The third kappa shape index (κ3) is 4.26. The smallest absolute Gasteiger partial charge is 0.152 e. The molecule has 106 valence electrons. The van der Waals surface area contributed by atoms with Crippen LogP contribution in [0, 0.1) is 5.82 Å². The van der Waals surface area contributed by atoms with Crippen LogP contribution in [-0.2, 0) is 9.84 Å². The van der Waals surface area contributed by atoms with Crippen molar-refractivity contribution in [3.05, 3.63) is 35.6 Å². The van der Waals surface area contributed by atoms with Crippen LogP contribution >= 0.6 is 0 Å². The summed E-state index contributed by atoms with van der Waals surface area (Å²) in [5.74, 6) is 0.203. The predicted molar refractivity (Wildman–Crippen MR) is 73.0 cm³/mol. The average Bonchev–Trinajstić information content (AvgIpc) is 2.38. The highest BCUT2D eigenvalue weighted by Gasteiger charge is 2.21. The standard InChI is InChI=1S/C13H19FN2O2S/c14-12-3-1-11(2-4-12)13(15)5-6-16-7-9-19(17,18)10-8-16/h1-4,13H,5-10,15H2. The lowest BCUT2D eigenvalue weighted by Crippen LogP contribution is -2.41. The lowest BCUT2D eigenvalue weighted by Gasteiger charge is -2.27. The van der Waals surface area contributed by atoms with Crippen LogP contribution in [0.4, 0.5) is 4.39 Å². The third-order valence-electron chi connectivity index (χ3n) is 3.49. The molecule has 2 rings (SSSR count). The summed E-state index contributed by atoms with van der Waals surface area (Å²) in [5.41, 5.74) is 6.96. The van der Waals surface area contributed by atoms with Gasteiger partial charge in [0.15, 0.2) is 9.84 Å². The first kappa shape index (κ1) is 14.4. The van der Waals surface area contributed by atoms with Crippen molar-refractivity contribution in [1.29, 1.82) is 0 Å². The molecule has 1 aromatic carbocycles. The minimum atomic E-state index is -2.83. The van der Waals surface area contributed by atoms with Gasteiger partial charge in [-0.15, -0.1) is 0 Å². The maximum absolute atomic E-state index is 12.8. The average molecular weight is 286 g/mol. The quantitative estimate of drug-likeness (QED) is 0.895. The van der Waals surface area contributed by atoms with Crippen molar-refractivity contribution in [3.8, 4) is 0 Å². The highest BCUT2D eigenvalue weighted by Crippen LogP contribution is 2.15. The molecule has 1 heterocycles. The summed E-state index contributed by atoms with van der Waals surface area (Å²) >= 11 is 0. The van der Waals surface area contributed by atoms with Gasteiger partial charge >= 0.3 is 0 Å². The predicted octanol–water partition coefficient (Wildman–Crippen LogP) is 0.946. The largest absolute Gasteiger partial charge is 0.324 e. The van der Waals surface area contributed by atoms with E-state index in [1.54, 1.807) is 12.1 Å². The van der Waals surface area contributed by atoms with Crippen molar-refractivity contribution in [2.24, 2.45) is 5.73 Å². The molecule has 0 saturated carbocycles. The Kier molecular flexibility index (Phi) is 4.54. The second-order valence-electron chi connectivity index (χ2n) is 4.94. The number of sulfone groups is 1. The monoisotopic (exact) mass is 286 g/mol. The normalized spacial score (nSPS) is 21.2. The molecule has 4 nitrogen and oxygen atoms in total. The molecule has 1 atom stereocenters. The van der Waals surface area contributed by atoms with E-state index in [1.807, 2.05) is 0 Å². The molecule has 0 aromatic heterocycles. The van der Waals surface area contributed by atoms with Crippen molar-refractivity contribution in [2.45, 2.75) is 12.5 Å². The highest BCUT2D eigenvalue weighted by atomic mass is 32.2. The molecule has 1 aliphatic heterocycles.